The first-order valence-corrected chi connectivity index (χ1v) is 12.8. The smallest absolute Gasteiger partial charge is 0.343 e. The van der Waals surface area contributed by atoms with Crippen molar-refractivity contribution in [2.45, 2.75) is 25.3 Å². The molecule has 0 bridgehead atoms. The van der Waals surface area contributed by atoms with Gasteiger partial charge in [0.15, 0.2) is 17.7 Å². The van der Waals surface area contributed by atoms with E-state index in [1.165, 1.54) is 0 Å². The summed E-state index contributed by atoms with van der Waals surface area (Å²) >= 11 is 0. The summed E-state index contributed by atoms with van der Waals surface area (Å²) < 4.78 is 55.6. The molecule has 2 aromatic carbocycles. The van der Waals surface area contributed by atoms with Crippen molar-refractivity contribution in [3.63, 3.8) is 0 Å². The van der Waals surface area contributed by atoms with Gasteiger partial charge in [-0.3, -0.25) is 4.85 Å². The molecule has 4 aliphatic rings. The van der Waals surface area contributed by atoms with Gasteiger partial charge in [0.1, 0.15) is 41.4 Å². The number of aromatic carboxylic acids is 1. The monoisotopic (exact) mass is 543 g/mol. The number of nitriles is 1. The first-order chi connectivity index (χ1) is 19.2. The van der Waals surface area contributed by atoms with E-state index < -0.39 is 45.7 Å². The summed E-state index contributed by atoms with van der Waals surface area (Å²) in [7, 11) is 0. The number of benzene rings is 3. The third-order valence-electron chi connectivity index (χ3n) is 7.84. The predicted molar refractivity (Wildman–Crippen MR) is 141 cm³/mol. The lowest BCUT2D eigenvalue weighted by molar-refractivity contribution is 0.0690. The topological polar surface area (TPSA) is 84.8 Å². The Balaban J connectivity index is 1.79. The molecule has 1 N–H and O–H groups in total. The van der Waals surface area contributed by atoms with Gasteiger partial charge in [0.2, 0.25) is 5.36 Å². The van der Waals surface area contributed by atoms with Gasteiger partial charge in [-0.15, -0.1) is 0 Å². The van der Waals surface area contributed by atoms with E-state index in [1.807, 2.05) is 0 Å². The fourth-order valence-electron chi connectivity index (χ4n) is 5.34. The zero-order valence-electron chi connectivity index (χ0n) is 21.4. The summed E-state index contributed by atoms with van der Waals surface area (Å²) in [5.74, 6) is -6.81. The number of anilines is 1. The molecular weight excluding hydrogens is 521 g/mol. The van der Waals surface area contributed by atoms with Gasteiger partial charge in [-0.05, 0) is 24.6 Å². The molecule has 6 rings (SSSR count). The minimum Gasteiger partial charge on any atom is -0.478 e. The van der Waals surface area contributed by atoms with E-state index in [-0.39, 0.29) is 16.5 Å². The van der Waals surface area contributed by atoms with Gasteiger partial charge in [0, 0.05) is 59.9 Å². The second-order valence-electron chi connectivity index (χ2n) is 10.2. The predicted octanol–water partition coefficient (Wildman–Crippen LogP) is 5.36. The van der Waals surface area contributed by atoms with E-state index in [0.717, 1.165) is 57.0 Å². The van der Waals surface area contributed by atoms with Gasteiger partial charge >= 0.3 is 11.5 Å². The van der Waals surface area contributed by atoms with Crippen LogP contribution in [-0.2, 0) is 5.54 Å². The fourth-order valence-corrected chi connectivity index (χ4v) is 5.34. The van der Waals surface area contributed by atoms with Crippen molar-refractivity contribution in [3.05, 3.63) is 81.8 Å². The third kappa shape index (κ3) is 3.64. The quantitative estimate of drug-likeness (QED) is 0.162. The summed E-state index contributed by atoms with van der Waals surface area (Å²) in [4.78, 5) is 17.5. The third-order valence-corrected chi connectivity index (χ3v) is 7.84. The van der Waals surface area contributed by atoms with Crippen LogP contribution in [-0.4, -0.2) is 37.3 Å². The molecule has 3 aliphatic heterocycles. The Morgan fingerprint density at radius 1 is 1.10 bits per heavy atom. The number of hydrogen-bond donors (Lipinski definition) is 1. The van der Waals surface area contributed by atoms with Gasteiger partial charge in [-0.2, -0.15) is 5.26 Å². The maximum atomic E-state index is 16.5. The Kier molecular flexibility index (Phi) is 5.81. The molecular formula is C30H22F3N4O3+. The molecule has 0 radical (unpaired) electrons. The number of fused-ring (bicyclic) bond motifs is 2. The van der Waals surface area contributed by atoms with Crippen molar-refractivity contribution < 1.29 is 27.5 Å². The highest BCUT2D eigenvalue weighted by Gasteiger charge is 2.45. The number of halogens is 3. The molecule has 2 fully saturated rings. The maximum Gasteiger partial charge on any atom is 0.343 e. The van der Waals surface area contributed by atoms with Crippen molar-refractivity contribution in [1.29, 1.82) is 5.26 Å². The van der Waals surface area contributed by atoms with Crippen molar-refractivity contribution in [3.8, 4) is 28.5 Å². The molecule has 1 unspecified atom stereocenters. The molecule has 1 aliphatic carbocycles. The standard InChI is InChI=1S/C30H21F3N4O3/c1-30(15-34,35-2)25-26(31)23(24(29(38)39)27(32)28(25)33)22-18-7-5-16(36-9-3-10-36)13-20(18)40-21-14-17(6-8-19(21)22)37-11-4-12-37/h5-8,13-14H,3-4,9-12H2,1H3/p+1. The van der Waals surface area contributed by atoms with Crippen LogP contribution in [0.2, 0.25) is 0 Å². The van der Waals surface area contributed by atoms with Crippen molar-refractivity contribution in [2.75, 3.05) is 31.1 Å². The van der Waals surface area contributed by atoms with Gasteiger partial charge < -0.3 is 14.4 Å². The van der Waals surface area contributed by atoms with Crippen molar-refractivity contribution in [1.82, 2.24) is 4.58 Å². The molecule has 7 nitrogen and oxygen atoms in total. The first-order valence-electron chi connectivity index (χ1n) is 12.8. The van der Waals surface area contributed by atoms with Gasteiger partial charge in [-0.25, -0.2) is 29.1 Å². The summed E-state index contributed by atoms with van der Waals surface area (Å²) in [6, 6.07) is 11.9. The normalized spacial score (nSPS) is 16.1. The first kappa shape index (κ1) is 25.4. The molecule has 1 atom stereocenters. The molecule has 0 amide bonds. The van der Waals surface area contributed by atoms with E-state index >= 15 is 13.2 Å². The highest BCUT2D eigenvalue weighted by atomic mass is 19.2. The minimum absolute atomic E-state index is 0.0260. The SMILES string of the molecule is [C-]#[N+]C(C)(C#N)c1c(F)c(F)c(C(=O)O)c(-c2c3ccc(=[N+]4CCC4)cc-3oc3cc(N4CCC4)ccc23)c1F. The van der Waals surface area contributed by atoms with Crippen molar-refractivity contribution in [2.24, 2.45) is 0 Å². The largest absolute Gasteiger partial charge is 0.478 e. The summed E-state index contributed by atoms with van der Waals surface area (Å²) in [6.45, 7) is 11.8. The number of carboxylic acids is 1. The Labute approximate surface area is 226 Å². The lowest BCUT2D eigenvalue weighted by atomic mass is 9.84. The van der Waals surface area contributed by atoms with Crippen molar-refractivity contribution >= 4 is 22.6 Å². The maximum absolute atomic E-state index is 16.5. The molecule has 3 heterocycles. The Bertz CT molecular complexity index is 1860. The summed E-state index contributed by atoms with van der Waals surface area (Å²) in [6.07, 6.45) is 2.06. The molecule has 2 saturated heterocycles. The lowest BCUT2D eigenvalue weighted by Gasteiger charge is -2.33. The molecule has 10 heteroatoms. The zero-order valence-corrected chi connectivity index (χ0v) is 21.4. The summed E-state index contributed by atoms with van der Waals surface area (Å²) in [5.41, 5.74) is -4.16. The Morgan fingerprint density at radius 3 is 2.42 bits per heavy atom. The second-order valence-corrected chi connectivity index (χ2v) is 10.2. The van der Waals surface area contributed by atoms with Crippen LogP contribution < -0.4 is 14.8 Å². The highest BCUT2D eigenvalue weighted by molar-refractivity contribution is 6.08. The van der Waals surface area contributed by atoms with Gasteiger partial charge in [0.05, 0.1) is 12.5 Å². The number of nitrogens with zero attached hydrogens (tertiary/aromatic N) is 4. The second kappa shape index (κ2) is 9.13. The van der Waals surface area contributed by atoms with Crippen LogP contribution in [0.4, 0.5) is 18.9 Å². The average Bonchev–Trinajstić information content (AvgIpc) is 2.87. The van der Waals surface area contributed by atoms with E-state index in [0.29, 0.717) is 11.3 Å². The van der Waals surface area contributed by atoms with Crippen LogP contribution in [0.15, 0.2) is 40.8 Å². The summed E-state index contributed by atoms with van der Waals surface area (Å²) in [5, 5.41) is 20.7. The number of carboxylic acid groups (broad SMARTS) is 1. The molecule has 200 valence electrons. The lowest BCUT2D eigenvalue weighted by Crippen LogP contribution is -2.40. The number of hydrogen-bond acceptors (Lipinski definition) is 4. The molecule has 0 spiro atoms. The molecule has 0 saturated carbocycles. The van der Waals surface area contributed by atoms with Crippen LogP contribution in [0.5, 0.6) is 0 Å². The van der Waals surface area contributed by atoms with Crippen LogP contribution in [0.25, 0.3) is 38.3 Å². The highest BCUT2D eigenvalue weighted by Crippen LogP contribution is 2.46. The van der Waals surface area contributed by atoms with Gasteiger partial charge in [-0.1, -0.05) is 0 Å². The Hall–Kier alpha value is -4.83. The van der Waals surface area contributed by atoms with Crippen LogP contribution in [0.1, 0.15) is 35.7 Å². The average molecular weight is 544 g/mol. The van der Waals surface area contributed by atoms with Crippen LogP contribution in [0.3, 0.4) is 0 Å². The van der Waals surface area contributed by atoms with E-state index in [9.17, 15) is 15.2 Å². The Morgan fingerprint density at radius 2 is 1.85 bits per heavy atom. The zero-order chi connectivity index (χ0) is 28.3. The molecule has 2 aromatic rings. The van der Waals surface area contributed by atoms with Gasteiger partial charge in [0.25, 0.3) is 0 Å². The van der Waals surface area contributed by atoms with E-state index in [4.69, 9.17) is 11.0 Å². The number of rotatable bonds is 4. The minimum atomic E-state index is -2.44. The van der Waals surface area contributed by atoms with E-state index in [1.54, 1.807) is 42.5 Å². The van der Waals surface area contributed by atoms with E-state index in [2.05, 4.69) is 14.3 Å². The molecule has 40 heavy (non-hydrogen) atoms. The number of carbonyl (C=O) groups is 1. The van der Waals surface area contributed by atoms with Crippen LogP contribution in [0, 0.1) is 35.4 Å². The molecule has 0 aromatic heterocycles. The fraction of sp³-hybridized carbons (Fsp3) is 0.267. The van der Waals surface area contributed by atoms with Crippen LogP contribution >= 0.6 is 0 Å².